The lowest BCUT2D eigenvalue weighted by molar-refractivity contribution is -0.120. The number of hydrogen-bond donors (Lipinski definition) is 2. The molecular formula is C10H16N2O. The SMILES string of the molecule is O=C1NCCC1NC1CC1C1CC1. The molecule has 3 aliphatic rings. The van der Waals surface area contributed by atoms with Gasteiger partial charge in [-0.05, 0) is 37.5 Å². The van der Waals surface area contributed by atoms with Gasteiger partial charge in [0.05, 0.1) is 6.04 Å². The molecule has 13 heavy (non-hydrogen) atoms. The molecule has 3 fully saturated rings. The average molecular weight is 180 g/mol. The molecule has 3 heteroatoms. The highest BCUT2D eigenvalue weighted by Gasteiger charge is 2.48. The van der Waals surface area contributed by atoms with E-state index in [1.54, 1.807) is 0 Å². The first-order valence-electron chi connectivity index (χ1n) is 5.38. The Morgan fingerprint density at radius 3 is 2.77 bits per heavy atom. The van der Waals surface area contributed by atoms with Crippen LogP contribution in [0.15, 0.2) is 0 Å². The van der Waals surface area contributed by atoms with Crippen molar-refractivity contribution < 1.29 is 4.79 Å². The van der Waals surface area contributed by atoms with Crippen LogP contribution < -0.4 is 10.6 Å². The van der Waals surface area contributed by atoms with Crippen LogP contribution in [0.1, 0.15) is 25.7 Å². The van der Waals surface area contributed by atoms with Crippen molar-refractivity contribution in [2.75, 3.05) is 6.54 Å². The molecule has 2 saturated carbocycles. The highest BCUT2D eigenvalue weighted by Crippen LogP contribution is 2.50. The van der Waals surface area contributed by atoms with Crippen molar-refractivity contribution in [2.24, 2.45) is 11.8 Å². The summed E-state index contributed by atoms with van der Waals surface area (Å²) in [5.41, 5.74) is 0. The van der Waals surface area contributed by atoms with Crippen LogP contribution in [0.2, 0.25) is 0 Å². The molecule has 3 nitrogen and oxygen atoms in total. The maximum atomic E-state index is 11.3. The van der Waals surface area contributed by atoms with Crippen LogP contribution in [0.25, 0.3) is 0 Å². The predicted molar refractivity (Wildman–Crippen MR) is 49.2 cm³/mol. The van der Waals surface area contributed by atoms with Gasteiger partial charge in [-0.2, -0.15) is 0 Å². The minimum Gasteiger partial charge on any atom is -0.355 e. The van der Waals surface area contributed by atoms with Gasteiger partial charge >= 0.3 is 0 Å². The van der Waals surface area contributed by atoms with E-state index in [0.717, 1.165) is 24.8 Å². The van der Waals surface area contributed by atoms with Gasteiger partial charge in [0.25, 0.3) is 0 Å². The molecule has 1 aliphatic heterocycles. The van der Waals surface area contributed by atoms with E-state index < -0.39 is 0 Å². The van der Waals surface area contributed by atoms with Gasteiger partial charge < -0.3 is 10.6 Å². The summed E-state index contributed by atoms with van der Waals surface area (Å²) in [5.74, 6) is 2.12. The molecule has 72 valence electrons. The Balaban J connectivity index is 1.50. The fourth-order valence-corrected chi connectivity index (χ4v) is 2.46. The number of hydrogen-bond acceptors (Lipinski definition) is 2. The van der Waals surface area contributed by atoms with Crippen molar-refractivity contribution in [1.82, 2.24) is 10.6 Å². The summed E-state index contributed by atoms with van der Waals surface area (Å²) in [6, 6.07) is 0.787. The standard InChI is InChI=1S/C10H16N2O/c13-10-8(3-4-11-10)12-9-5-7(9)6-1-2-6/h6-9,12H,1-5H2,(H,11,13). The summed E-state index contributed by atoms with van der Waals surface area (Å²) in [5, 5.41) is 6.32. The number of carbonyl (C=O) groups excluding carboxylic acids is 1. The average Bonchev–Trinajstić information content (AvgIpc) is 2.96. The van der Waals surface area contributed by atoms with E-state index in [4.69, 9.17) is 0 Å². The number of carbonyl (C=O) groups is 1. The maximum absolute atomic E-state index is 11.3. The van der Waals surface area contributed by atoms with Crippen LogP contribution in [-0.2, 0) is 4.79 Å². The van der Waals surface area contributed by atoms with Crippen molar-refractivity contribution in [3.8, 4) is 0 Å². The summed E-state index contributed by atoms with van der Waals surface area (Å²) in [7, 11) is 0. The van der Waals surface area contributed by atoms with Crippen molar-refractivity contribution >= 4 is 5.91 Å². The fourth-order valence-electron chi connectivity index (χ4n) is 2.46. The van der Waals surface area contributed by atoms with Crippen molar-refractivity contribution in [3.05, 3.63) is 0 Å². The first-order chi connectivity index (χ1) is 6.34. The smallest absolute Gasteiger partial charge is 0.237 e. The van der Waals surface area contributed by atoms with E-state index >= 15 is 0 Å². The summed E-state index contributed by atoms with van der Waals surface area (Å²) < 4.78 is 0. The lowest BCUT2D eigenvalue weighted by Gasteiger charge is -2.08. The van der Waals surface area contributed by atoms with Gasteiger partial charge in [-0.3, -0.25) is 4.79 Å². The van der Waals surface area contributed by atoms with Crippen molar-refractivity contribution in [1.29, 1.82) is 0 Å². The highest BCUT2D eigenvalue weighted by atomic mass is 16.2. The second kappa shape index (κ2) is 2.71. The van der Waals surface area contributed by atoms with E-state index in [1.165, 1.54) is 19.3 Å². The van der Waals surface area contributed by atoms with Crippen molar-refractivity contribution in [2.45, 2.75) is 37.8 Å². The second-order valence-electron chi connectivity index (χ2n) is 4.64. The topological polar surface area (TPSA) is 41.1 Å². The summed E-state index contributed by atoms with van der Waals surface area (Å²) in [6.45, 7) is 0.858. The number of rotatable bonds is 3. The van der Waals surface area contributed by atoms with E-state index in [9.17, 15) is 4.79 Å². The second-order valence-corrected chi connectivity index (χ2v) is 4.64. The normalized spacial score (nSPS) is 43.4. The quantitative estimate of drug-likeness (QED) is 0.654. The Kier molecular flexibility index (Phi) is 1.62. The van der Waals surface area contributed by atoms with Gasteiger partial charge in [-0.25, -0.2) is 0 Å². The molecule has 1 amide bonds. The maximum Gasteiger partial charge on any atom is 0.237 e. The molecule has 3 rings (SSSR count). The predicted octanol–water partition coefficient (Wildman–Crippen LogP) is 0.263. The molecule has 0 radical (unpaired) electrons. The number of nitrogens with one attached hydrogen (secondary N) is 2. The third kappa shape index (κ3) is 1.46. The molecule has 2 aliphatic carbocycles. The Morgan fingerprint density at radius 1 is 1.31 bits per heavy atom. The minimum atomic E-state index is 0.119. The van der Waals surface area contributed by atoms with E-state index in [0.29, 0.717) is 6.04 Å². The summed E-state index contributed by atoms with van der Waals surface area (Å²) in [4.78, 5) is 11.3. The molecule has 0 aromatic rings. The van der Waals surface area contributed by atoms with Gasteiger partial charge in [-0.1, -0.05) is 0 Å². The van der Waals surface area contributed by atoms with Crippen molar-refractivity contribution in [3.63, 3.8) is 0 Å². The third-order valence-corrected chi connectivity index (χ3v) is 3.53. The highest BCUT2D eigenvalue weighted by molar-refractivity contribution is 5.83. The molecule has 0 aromatic carbocycles. The lowest BCUT2D eigenvalue weighted by Crippen LogP contribution is -2.38. The Hall–Kier alpha value is -0.570. The Morgan fingerprint density at radius 2 is 2.15 bits per heavy atom. The Bertz CT molecular complexity index is 237. The molecule has 1 saturated heterocycles. The minimum absolute atomic E-state index is 0.119. The molecule has 0 aromatic heterocycles. The van der Waals surface area contributed by atoms with E-state index in [-0.39, 0.29) is 11.9 Å². The van der Waals surface area contributed by atoms with Crippen LogP contribution >= 0.6 is 0 Å². The molecule has 0 bridgehead atoms. The molecule has 3 unspecified atom stereocenters. The molecule has 2 N–H and O–H groups in total. The molecular weight excluding hydrogens is 164 g/mol. The van der Waals surface area contributed by atoms with Crippen LogP contribution in [0.4, 0.5) is 0 Å². The van der Waals surface area contributed by atoms with Gasteiger partial charge in [-0.15, -0.1) is 0 Å². The fraction of sp³-hybridized carbons (Fsp3) is 0.900. The van der Waals surface area contributed by atoms with E-state index in [1.807, 2.05) is 0 Å². The zero-order chi connectivity index (χ0) is 8.84. The van der Waals surface area contributed by atoms with Crippen LogP contribution in [-0.4, -0.2) is 24.5 Å². The molecule has 3 atom stereocenters. The first kappa shape index (κ1) is 7.80. The molecule has 0 spiro atoms. The summed E-state index contributed by atoms with van der Waals surface area (Å²) >= 11 is 0. The van der Waals surface area contributed by atoms with Crippen LogP contribution in [0.3, 0.4) is 0 Å². The zero-order valence-electron chi connectivity index (χ0n) is 7.75. The first-order valence-corrected chi connectivity index (χ1v) is 5.38. The van der Waals surface area contributed by atoms with E-state index in [2.05, 4.69) is 10.6 Å². The lowest BCUT2D eigenvalue weighted by atomic mass is 10.2. The van der Waals surface area contributed by atoms with Gasteiger partial charge in [0, 0.05) is 12.6 Å². The number of amides is 1. The monoisotopic (exact) mass is 180 g/mol. The van der Waals surface area contributed by atoms with Gasteiger partial charge in [0.2, 0.25) is 5.91 Å². The van der Waals surface area contributed by atoms with Crippen LogP contribution in [0.5, 0.6) is 0 Å². The van der Waals surface area contributed by atoms with Crippen LogP contribution in [0, 0.1) is 11.8 Å². The zero-order valence-corrected chi connectivity index (χ0v) is 7.75. The molecule has 1 heterocycles. The van der Waals surface area contributed by atoms with Gasteiger partial charge in [0.1, 0.15) is 0 Å². The Labute approximate surface area is 78.3 Å². The third-order valence-electron chi connectivity index (χ3n) is 3.53. The van der Waals surface area contributed by atoms with Gasteiger partial charge in [0.15, 0.2) is 0 Å². The summed E-state index contributed by atoms with van der Waals surface area (Å²) in [6.07, 6.45) is 5.15. The largest absolute Gasteiger partial charge is 0.355 e.